The Bertz CT molecular complexity index is 953. The van der Waals surface area contributed by atoms with E-state index in [4.69, 9.17) is 14.2 Å². The second kappa shape index (κ2) is 8.37. The predicted molar refractivity (Wildman–Crippen MR) is 103 cm³/mol. The van der Waals surface area contributed by atoms with Gasteiger partial charge in [-0.3, -0.25) is 4.79 Å². The largest absolute Gasteiger partial charge is 0.493 e. The summed E-state index contributed by atoms with van der Waals surface area (Å²) in [5, 5.41) is 4.60. The van der Waals surface area contributed by atoms with Gasteiger partial charge in [-0.1, -0.05) is 12.1 Å². The third-order valence-electron chi connectivity index (χ3n) is 3.67. The third-order valence-corrected chi connectivity index (χ3v) is 4.54. The molecule has 0 aliphatic carbocycles. The van der Waals surface area contributed by atoms with E-state index < -0.39 is 5.97 Å². The monoisotopic (exact) mass is 383 g/mol. The average molecular weight is 383 g/mol. The van der Waals surface area contributed by atoms with Crippen LogP contribution < -0.4 is 19.5 Å². The van der Waals surface area contributed by atoms with E-state index in [9.17, 15) is 9.59 Å². The Morgan fingerprint density at radius 2 is 1.74 bits per heavy atom. The van der Waals surface area contributed by atoms with E-state index in [1.54, 1.807) is 54.6 Å². The van der Waals surface area contributed by atoms with Crippen LogP contribution in [0.3, 0.4) is 0 Å². The number of carbonyl (C=O) groups excluding carboxylic acids is 2. The lowest BCUT2D eigenvalue weighted by Gasteiger charge is -2.10. The summed E-state index contributed by atoms with van der Waals surface area (Å²) < 4.78 is 15.8. The first-order valence-electron chi connectivity index (χ1n) is 8.00. The molecule has 0 aliphatic rings. The summed E-state index contributed by atoms with van der Waals surface area (Å²) in [6.07, 6.45) is 0. The minimum Gasteiger partial charge on any atom is -0.493 e. The summed E-state index contributed by atoms with van der Waals surface area (Å²) >= 11 is 1.35. The van der Waals surface area contributed by atoms with Crippen LogP contribution in [0.5, 0.6) is 17.2 Å². The number of rotatable bonds is 6. The average Bonchev–Trinajstić information content (AvgIpc) is 3.22. The molecule has 7 heteroatoms. The molecule has 0 spiro atoms. The maximum atomic E-state index is 12.4. The third kappa shape index (κ3) is 4.45. The van der Waals surface area contributed by atoms with Gasteiger partial charge in [0.05, 0.1) is 24.7 Å². The molecule has 6 nitrogen and oxygen atoms in total. The van der Waals surface area contributed by atoms with Crippen LogP contribution in [0.25, 0.3) is 0 Å². The van der Waals surface area contributed by atoms with E-state index in [2.05, 4.69) is 5.32 Å². The normalized spacial score (nSPS) is 10.1. The summed E-state index contributed by atoms with van der Waals surface area (Å²) in [7, 11) is 3.01. The van der Waals surface area contributed by atoms with E-state index in [0.717, 1.165) is 0 Å². The smallest absolute Gasteiger partial charge is 0.343 e. The maximum Gasteiger partial charge on any atom is 0.343 e. The van der Waals surface area contributed by atoms with Gasteiger partial charge in [0.15, 0.2) is 11.5 Å². The van der Waals surface area contributed by atoms with Gasteiger partial charge in [-0.15, -0.1) is 11.3 Å². The molecule has 3 rings (SSSR count). The van der Waals surface area contributed by atoms with Crippen molar-refractivity contribution in [2.45, 2.75) is 0 Å². The van der Waals surface area contributed by atoms with Gasteiger partial charge in [0.1, 0.15) is 5.75 Å². The zero-order chi connectivity index (χ0) is 19.2. The number of carbonyl (C=O) groups is 2. The van der Waals surface area contributed by atoms with Gasteiger partial charge in [-0.2, -0.15) is 0 Å². The van der Waals surface area contributed by atoms with Crippen molar-refractivity contribution >= 4 is 28.9 Å². The molecule has 0 bridgehead atoms. The number of methoxy groups -OCH3 is 2. The van der Waals surface area contributed by atoms with Gasteiger partial charge < -0.3 is 19.5 Å². The molecule has 0 unspecified atom stereocenters. The van der Waals surface area contributed by atoms with Gasteiger partial charge in [-0.25, -0.2) is 4.79 Å². The highest BCUT2D eigenvalue weighted by Crippen LogP contribution is 2.28. The molecule has 1 aromatic heterocycles. The standard InChI is InChI=1S/C20H17NO5S/c1-24-16-9-8-13(11-17(16)25-2)20(23)26-15-6-3-5-14(12-15)21-19(22)18-7-4-10-27-18/h3-12H,1-2H3,(H,21,22). The highest BCUT2D eigenvalue weighted by Gasteiger charge is 2.14. The minimum atomic E-state index is -0.544. The predicted octanol–water partition coefficient (Wildman–Crippen LogP) is 4.24. The number of amides is 1. The number of hydrogen-bond acceptors (Lipinski definition) is 6. The van der Waals surface area contributed by atoms with Gasteiger partial charge >= 0.3 is 5.97 Å². The lowest BCUT2D eigenvalue weighted by molar-refractivity contribution is 0.0734. The van der Waals surface area contributed by atoms with E-state index in [1.165, 1.54) is 25.6 Å². The van der Waals surface area contributed by atoms with Crippen molar-refractivity contribution in [3.63, 3.8) is 0 Å². The number of thiophene rings is 1. The molecule has 1 heterocycles. The van der Waals surface area contributed by atoms with Crippen molar-refractivity contribution in [2.75, 3.05) is 19.5 Å². The summed E-state index contributed by atoms with van der Waals surface area (Å²) in [5.74, 6) is 0.515. The molecule has 1 N–H and O–H groups in total. The number of esters is 1. The van der Waals surface area contributed by atoms with Crippen LogP contribution >= 0.6 is 11.3 Å². The first kappa shape index (κ1) is 18.5. The Kier molecular flexibility index (Phi) is 5.73. The van der Waals surface area contributed by atoms with Crippen LogP contribution in [0.2, 0.25) is 0 Å². The van der Waals surface area contributed by atoms with Gasteiger partial charge in [0.2, 0.25) is 0 Å². The molecule has 0 aliphatic heterocycles. The summed E-state index contributed by atoms with van der Waals surface area (Å²) in [6, 6.07) is 15.0. The van der Waals surface area contributed by atoms with Crippen molar-refractivity contribution in [3.05, 3.63) is 70.4 Å². The van der Waals surface area contributed by atoms with E-state index >= 15 is 0 Å². The van der Waals surface area contributed by atoms with Crippen LogP contribution in [0.15, 0.2) is 60.0 Å². The molecule has 0 saturated heterocycles. The molecule has 138 valence electrons. The van der Waals surface area contributed by atoms with Gasteiger partial charge in [0.25, 0.3) is 5.91 Å². The zero-order valence-electron chi connectivity index (χ0n) is 14.7. The van der Waals surface area contributed by atoms with Crippen molar-refractivity contribution in [2.24, 2.45) is 0 Å². The molecule has 0 fully saturated rings. The lowest BCUT2D eigenvalue weighted by Crippen LogP contribution is -2.11. The van der Waals surface area contributed by atoms with Crippen molar-refractivity contribution in [1.29, 1.82) is 0 Å². The molecule has 0 atom stereocenters. The quantitative estimate of drug-likeness (QED) is 0.509. The van der Waals surface area contributed by atoms with Crippen molar-refractivity contribution in [1.82, 2.24) is 0 Å². The summed E-state index contributed by atoms with van der Waals surface area (Å²) in [6.45, 7) is 0. The highest BCUT2D eigenvalue weighted by molar-refractivity contribution is 7.12. The molecule has 0 saturated carbocycles. The second-order valence-corrected chi connectivity index (χ2v) is 6.37. The molecule has 27 heavy (non-hydrogen) atoms. The Labute approximate surface area is 160 Å². The van der Waals surface area contributed by atoms with E-state index in [0.29, 0.717) is 33.4 Å². The van der Waals surface area contributed by atoms with Crippen molar-refractivity contribution in [3.8, 4) is 17.2 Å². The Balaban J connectivity index is 1.72. The summed E-state index contributed by atoms with van der Waals surface area (Å²) in [4.78, 5) is 25.1. The number of anilines is 1. The van der Waals surface area contributed by atoms with Crippen LogP contribution in [0.4, 0.5) is 5.69 Å². The first-order chi connectivity index (χ1) is 13.1. The molecular weight excluding hydrogens is 366 g/mol. The fourth-order valence-electron chi connectivity index (χ4n) is 2.37. The number of nitrogens with one attached hydrogen (secondary N) is 1. The SMILES string of the molecule is COc1ccc(C(=O)Oc2cccc(NC(=O)c3cccs3)c2)cc1OC. The second-order valence-electron chi connectivity index (χ2n) is 5.42. The first-order valence-corrected chi connectivity index (χ1v) is 8.88. The number of ether oxygens (including phenoxy) is 3. The molecule has 2 aromatic carbocycles. The Morgan fingerprint density at radius 1 is 0.926 bits per heavy atom. The zero-order valence-corrected chi connectivity index (χ0v) is 15.5. The Morgan fingerprint density at radius 3 is 2.44 bits per heavy atom. The summed E-state index contributed by atoms with van der Waals surface area (Å²) in [5.41, 5.74) is 0.853. The van der Waals surface area contributed by atoms with Crippen LogP contribution in [0, 0.1) is 0 Å². The van der Waals surface area contributed by atoms with Gasteiger partial charge in [-0.05, 0) is 41.8 Å². The van der Waals surface area contributed by atoms with E-state index in [-0.39, 0.29) is 5.91 Å². The molecule has 1 amide bonds. The van der Waals surface area contributed by atoms with Crippen molar-refractivity contribution < 1.29 is 23.8 Å². The number of hydrogen-bond donors (Lipinski definition) is 1. The highest BCUT2D eigenvalue weighted by atomic mass is 32.1. The van der Waals surface area contributed by atoms with E-state index in [1.807, 2.05) is 5.38 Å². The lowest BCUT2D eigenvalue weighted by atomic mass is 10.2. The fourth-order valence-corrected chi connectivity index (χ4v) is 2.99. The molecule has 3 aromatic rings. The van der Waals surface area contributed by atoms with Gasteiger partial charge in [0, 0.05) is 11.8 Å². The van der Waals surface area contributed by atoms with Crippen LogP contribution in [-0.2, 0) is 0 Å². The molecular formula is C20H17NO5S. The van der Waals surface area contributed by atoms with Crippen LogP contribution in [0.1, 0.15) is 20.0 Å². The molecule has 0 radical (unpaired) electrons. The maximum absolute atomic E-state index is 12.4. The fraction of sp³-hybridized carbons (Fsp3) is 0.100. The Hall–Kier alpha value is -3.32. The van der Waals surface area contributed by atoms with Crippen LogP contribution in [-0.4, -0.2) is 26.1 Å². The minimum absolute atomic E-state index is 0.214. The topological polar surface area (TPSA) is 73.9 Å². The number of benzene rings is 2.